The third kappa shape index (κ3) is 5.52. The van der Waals surface area contributed by atoms with Crippen molar-refractivity contribution < 1.29 is 23.8 Å². The van der Waals surface area contributed by atoms with Gasteiger partial charge in [0.05, 0.1) is 36.5 Å². The Hall–Kier alpha value is -3.70. The number of anilines is 2. The maximum Gasteiger partial charge on any atom is 0.410 e. The third-order valence-electron chi connectivity index (χ3n) is 11.3. The highest BCUT2D eigenvalue weighted by Gasteiger charge is 2.50. The minimum absolute atomic E-state index is 0.0483. The van der Waals surface area contributed by atoms with Crippen molar-refractivity contribution in [1.29, 1.82) is 0 Å². The largest absolute Gasteiger partial charge is 0.461 e. The van der Waals surface area contributed by atoms with Crippen LogP contribution in [0.5, 0.6) is 6.01 Å². The highest BCUT2D eigenvalue weighted by atomic mass is 19.1. The Morgan fingerprint density at radius 1 is 1.02 bits per heavy atom. The molecule has 1 amide bonds. The molecule has 0 radical (unpaired) electrons. The zero-order valence-electron chi connectivity index (χ0n) is 28.3. The first kappa shape index (κ1) is 31.6. The van der Waals surface area contributed by atoms with Crippen LogP contribution in [0.25, 0.3) is 10.8 Å². The lowest BCUT2D eigenvalue weighted by Gasteiger charge is -2.43. The Bertz CT molecular complexity index is 1700. The fourth-order valence-corrected chi connectivity index (χ4v) is 9.15. The highest BCUT2D eigenvalue weighted by Crippen LogP contribution is 2.43. The summed E-state index contributed by atoms with van der Waals surface area (Å²) in [4.78, 5) is 32.3. The molecule has 5 aliphatic heterocycles. The van der Waals surface area contributed by atoms with E-state index in [4.69, 9.17) is 19.4 Å². The molecule has 0 saturated carbocycles. The predicted molar refractivity (Wildman–Crippen MR) is 182 cm³/mol. The fourth-order valence-electron chi connectivity index (χ4n) is 9.15. The molecule has 0 spiro atoms. The van der Waals surface area contributed by atoms with Crippen LogP contribution in [0.1, 0.15) is 70.6 Å². The van der Waals surface area contributed by atoms with Crippen molar-refractivity contribution in [2.24, 2.45) is 0 Å². The number of hydrogen-bond donors (Lipinski definition) is 1. The molecule has 4 fully saturated rings. The van der Waals surface area contributed by atoms with Crippen LogP contribution in [0, 0.1) is 5.82 Å². The van der Waals surface area contributed by atoms with Crippen LogP contribution in [-0.4, -0.2) is 99.6 Å². The van der Waals surface area contributed by atoms with E-state index in [0.29, 0.717) is 50.6 Å². The fraction of sp³-hybridized carbons (Fsp3) is 0.595. The second kappa shape index (κ2) is 12.0. The number of benzene rings is 2. The monoisotopic (exact) mass is 658 g/mol. The van der Waals surface area contributed by atoms with E-state index in [2.05, 4.69) is 14.7 Å². The number of halogens is 1. The van der Waals surface area contributed by atoms with Crippen LogP contribution in [-0.2, 0) is 17.7 Å². The number of rotatable bonds is 6. The summed E-state index contributed by atoms with van der Waals surface area (Å²) < 4.78 is 27.6. The lowest BCUT2D eigenvalue weighted by atomic mass is 9.95. The minimum Gasteiger partial charge on any atom is -0.461 e. The number of piperazine rings is 1. The maximum atomic E-state index is 15.2. The molecule has 8 rings (SSSR count). The van der Waals surface area contributed by atoms with Crippen LogP contribution in [0.15, 0.2) is 36.4 Å². The van der Waals surface area contributed by atoms with Gasteiger partial charge in [-0.15, -0.1) is 0 Å². The van der Waals surface area contributed by atoms with Gasteiger partial charge in [0, 0.05) is 42.3 Å². The van der Waals surface area contributed by atoms with E-state index in [0.717, 1.165) is 73.2 Å². The van der Waals surface area contributed by atoms with Crippen LogP contribution in [0.3, 0.4) is 0 Å². The van der Waals surface area contributed by atoms with Crippen molar-refractivity contribution in [3.8, 4) is 6.01 Å². The van der Waals surface area contributed by atoms with E-state index in [9.17, 15) is 9.90 Å². The molecule has 1 N–H and O–H groups in total. The van der Waals surface area contributed by atoms with Gasteiger partial charge in [-0.25, -0.2) is 9.18 Å². The summed E-state index contributed by atoms with van der Waals surface area (Å²) in [6.45, 7) is 9.94. The number of aliphatic hydroxyl groups is 1. The molecule has 10 nitrogen and oxygen atoms in total. The lowest BCUT2D eigenvalue weighted by Crippen LogP contribution is -2.57. The molecule has 1 aromatic heterocycles. The summed E-state index contributed by atoms with van der Waals surface area (Å²) in [5.74, 6) is 0.665. The minimum atomic E-state index is -0.546. The highest BCUT2D eigenvalue weighted by molar-refractivity contribution is 5.95. The van der Waals surface area contributed by atoms with Gasteiger partial charge in [0.25, 0.3) is 0 Å². The van der Waals surface area contributed by atoms with Crippen molar-refractivity contribution in [3.63, 3.8) is 0 Å². The van der Waals surface area contributed by atoms with E-state index in [1.807, 2.05) is 49.9 Å². The first-order chi connectivity index (χ1) is 23.1. The number of nitrogens with zero attached hydrogens (tertiary/aromatic N) is 6. The summed E-state index contributed by atoms with van der Waals surface area (Å²) in [5.41, 5.74) is 2.22. The van der Waals surface area contributed by atoms with Crippen molar-refractivity contribution in [2.45, 2.75) is 102 Å². The van der Waals surface area contributed by atoms with Crippen LogP contribution < -0.4 is 14.5 Å². The van der Waals surface area contributed by atoms with Gasteiger partial charge >= 0.3 is 12.1 Å². The van der Waals surface area contributed by atoms with Gasteiger partial charge in [-0.2, -0.15) is 9.97 Å². The summed E-state index contributed by atoms with van der Waals surface area (Å²) >= 11 is 0. The number of aromatic nitrogens is 2. The zero-order chi connectivity index (χ0) is 33.2. The van der Waals surface area contributed by atoms with Gasteiger partial charge in [0.15, 0.2) is 0 Å². The molecular weight excluding hydrogens is 611 g/mol. The molecule has 3 aromatic rings. The van der Waals surface area contributed by atoms with Crippen molar-refractivity contribution >= 4 is 28.4 Å². The number of carbonyl (C=O) groups is 1. The molecule has 5 aliphatic rings. The Morgan fingerprint density at radius 3 is 2.54 bits per heavy atom. The van der Waals surface area contributed by atoms with Gasteiger partial charge in [0.2, 0.25) is 0 Å². The third-order valence-corrected chi connectivity index (χ3v) is 11.3. The number of fused-ring (bicyclic) bond motifs is 5. The molecule has 256 valence electrons. The SMILES string of the molecule is CC(C)(C)OC(=O)N1[C@@H]2CC[C@H]1CN(c1nc(OCC34CCCN3C(CO)CC4)nc3c1CCN(c1cccc4cccc(F)c14)C3)C2. The number of aliphatic hydroxyl groups excluding tert-OH is 1. The molecule has 48 heavy (non-hydrogen) atoms. The predicted octanol–water partition coefficient (Wildman–Crippen LogP) is 5.29. The second-order valence-electron chi connectivity index (χ2n) is 15.4. The smallest absolute Gasteiger partial charge is 0.410 e. The number of ether oxygens (including phenoxy) is 2. The second-order valence-corrected chi connectivity index (χ2v) is 15.4. The van der Waals surface area contributed by atoms with Crippen LogP contribution >= 0.6 is 0 Å². The van der Waals surface area contributed by atoms with E-state index in [1.165, 1.54) is 6.07 Å². The van der Waals surface area contributed by atoms with E-state index in [-0.39, 0.29) is 42.2 Å². The van der Waals surface area contributed by atoms with Crippen molar-refractivity contribution in [1.82, 2.24) is 19.8 Å². The number of amides is 1. The van der Waals surface area contributed by atoms with E-state index in [1.54, 1.807) is 6.07 Å². The van der Waals surface area contributed by atoms with Crippen molar-refractivity contribution in [2.75, 3.05) is 49.2 Å². The van der Waals surface area contributed by atoms with Gasteiger partial charge < -0.3 is 24.4 Å². The quantitative estimate of drug-likeness (QED) is 0.379. The Labute approximate surface area is 281 Å². The summed E-state index contributed by atoms with van der Waals surface area (Å²) in [6, 6.07) is 11.8. The zero-order valence-corrected chi connectivity index (χ0v) is 28.3. The van der Waals surface area contributed by atoms with Gasteiger partial charge in [-0.1, -0.05) is 24.3 Å². The standard InChI is InChI=1S/C37H47FN6O4/c1-36(2,3)48-35(46)44-25-11-12-26(44)20-42(19-25)33-28-14-18-41(31-10-5-8-24-7-4-9-29(38)32(24)31)21-30(28)39-34(40-33)47-23-37-15-6-17-43(37)27(22-45)13-16-37/h4-5,7-10,25-27,45H,6,11-23H2,1-3H3/t25-,26+,27?,37?. The van der Waals surface area contributed by atoms with Gasteiger partial charge in [-0.3, -0.25) is 9.80 Å². The molecule has 6 heterocycles. The first-order valence-electron chi connectivity index (χ1n) is 17.7. The Balaban J connectivity index is 1.11. The van der Waals surface area contributed by atoms with Crippen molar-refractivity contribution in [3.05, 3.63) is 53.5 Å². The number of carbonyl (C=O) groups excluding carboxylic acids is 1. The van der Waals surface area contributed by atoms with E-state index < -0.39 is 5.60 Å². The maximum absolute atomic E-state index is 15.2. The molecule has 2 aromatic carbocycles. The van der Waals surface area contributed by atoms with E-state index >= 15 is 4.39 Å². The summed E-state index contributed by atoms with van der Waals surface area (Å²) in [6.07, 6.45) is 6.44. The molecule has 4 atom stereocenters. The Morgan fingerprint density at radius 2 is 1.79 bits per heavy atom. The topological polar surface area (TPSA) is 94.5 Å². The molecule has 11 heteroatoms. The van der Waals surface area contributed by atoms with Crippen LogP contribution in [0.4, 0.5) is 20.7 Å². The van der Waals surface area contributed by atoms with Crippen LogP contribution in [0.2, 0.25) is 0 Å². The normalized spacial score (nSPS) is 27.0. The number of hydrogen-bond acceptors (Lipinski definition) is 9. The molecule has 4 saturated heterocycles. The average Bonchev–Trinajstić information content (AvgIpc) is 3.71. The lowest BCUT2D eigenvalue weighted by molar-refractivity contribution is 0.0122. The summed E-state index contributed by atoms with van der Waals surface area (Å²) in [5, 5.41) is 11.5. The molecule has 0 aliphatic carbocycles. The average molecular weight is 659 g/mol. The molecule has 2 bridgehead atoms. The van der Waals surface area contributed by atoms with Gasteiger partial charge in [-0.05, 0) is 89.8 Å². The Kier molecular flexibility index (Phi) is 7.90. The van der Waals surface area contributed by atoms with Gasteiger partial charge in [0.1, 0.15) is 23.8 Å². The first-order valence-corrected chi connectivity index (χ1v) is 17.7. The summed E-state index contributed by atoms with van der Waals surface area (Å²) in [7, 11) is 0. The molecule has 2 unspecified atom stereocenters. The molecular formula is C37H47FN6O4.